The Kier molecular flexibility index (Phi) is 2.53. The Hall–Kier alpha value is -1.98. The third-order valence-electron chi connectivity index (χ3n) is 1.24. The van der Waals surface area contributed by atoms with Crippen LogP contribution in [0, 0.1) is 32.8 Å². The fourth-order valence-corrected chi connectivity index (χ4v) is 0.770. The molecule has 0 spiro atoms. The molecule has 0 atom stereocenters. The zero-order chi connectivity index (χ0) is 9.84. The summed E-state index contributed by atoms with van der Waals surface area (Å²) >= 11 is 0. The molecule has 1 rings (SSSR count). The lowest BCUT2D eigenvalue weighted by molar-refractivity contribution is -0.429. The summed E-state index contributed by atoms with van der Waals surface area (Å²) in [5, 5.41) is 20.2. The molecule has 0 bridgehead atoms. The van der Waals surface area contributed by atoms with Crippen LogP contribution >= 0.6 is 0 Å². The summed E-state index contributed by atoms with van der Waals surface area (Å²) in [6.45, 7) is 0.660. The highest BCUT2D eigenvalue weighted by Gasteiger charge is 2.10. The summed E-state index contributed by atoms with van der Waals surface area (Å²) in [5.74, 6) is 0. The molecule has 0 saturated carbocycles. The van der Waals surface area contributed by atoms with Gasteiger partial charge in [-0.3, -0.25) is 20.2 Å². The summed E-state index contributed by atoms with van der Waals surface area (Å²) in [6, 6.07) is 6.23. The van der Waals surface area contributed by atoms with Gasteiger partial charge in [0.1, 0.15) is 0 Å². The van der Waals surface area contributed by atoms with Crippen LogP contribution in [0.15, 0.2) is 18.2 Å². The molecule has 0 amide bonds. The Morgan fingerprint density at radius 2 is 2.00 bits per heavy atom. The Bertz CT molecular complexity index is 350. The number of nitrogens with zero attached hydrogens (tertiary/aromatic N) is 2. The van der Waals surface area contributed by atoms with Crippen LogP contribution in [-0.2, 0) is 0 Å². The number of benzene rings is 1. The second kappa shape index (κ2) is 3.61. The minimum absolute atomic E-state index is 0.0826. The molecule has 6 heteroatoms. The van der Waals surface area contributed by atoms with Crippen molar-refractivity contribution in [3.63, 3.8) is 0 Å². The molecule has 0 N–H and O–H groups in total. The maximum atomic E-state index is 10.2. The van der Waals surface area contributed by atoms with Crippen molar-refractivity contribution in [3.8, 4) is 0 Å². The lowest BCUT2D eigenvalue weighted by Crippen LogP contribution is -1.96. The first-order valence-corrected chi connectivity index (χ1v) is 3.24. The third-order valence-corrected chi connectivity index (χ3v) is 1.24. The van der Waals surface area contributed by atoms with Crippen LogP contribution in [0.1, 0.15) is 5.56 Å². The maximum absolute atomic E-state index is 10.2. The van der Waals surface area contributed by atoms with E-state index in [0.29, 0.717) is 6.54 Å². The molecule has 0 aliphatic rings. The predicted octanol–water partition coefficient (Wildman–Crippen LogP) is 1.18. The summed E-state index contributed by atoms with van der Waals surface area (Å²) < 4.78 is 0. The van der Waals surface area contributed by atoms with E-state index in [-0.39, 0.29) is 11.3 Å². The van der Waals surface area contributed by atoms with Crippen LogP contribution < -0.4 is 0 Å². The summed E-state index contributed by atoms with van der Waals surface area (Å²) in [4.78, 5) is 18.9. The smallest absolute Gasteiger partial charge is 0.264 e. The quantitative estimate of drug-likeness (QED) is 0.516. The van der Waals surface area contributed by atoms with E-state index >= 15 is 0 Å². The van der Waals surface area contributed by atoms with Crippen LogP contribution in [0.2, 0.25) is 0 Å². The first kappa shape index (κ1) is 9.11. The van der Waals surface area contributed by atoms with Gasteiger partial charge in [0.2, 0.25) is 0 Å². The average Bonchev–Trinajstić information content (AvgIpc) is 2.03. The molecule has 0 heterocycles. The van der Waals surface area contributed by atoms with Gasteiger partial charge in [-0.15, -0.1) is 0 Å². The van der Waals surface area contributed by atoms with E-state index in [1.165, 1.54) is 18.2 Å². The number of hydrogen-bond donors (Lipinski definition) is 0. The van der Waals surface area contributed by atoms with Crippen molar-refractivity contribution in [1.82, 2.24) is 0 Å². The van der Waals surface area contributed by atoms with Crippen molar-refractivity contribution in [3.05, 3.63) is 56.6 Å². The zero-order valence-corrected chi connectivity index (χ0v) is 6.34. The third kappa shape index (κ3) is 2.51. The highest BCUT2D eigenvalue weighted by Crippen LogP contribution is 2.13. The van der Waals surface area contributed by atoms with Gasteiger partial charge in [-0.1, -0.05) is 12.1 Å². The van der Waals surface area contributed by atoms with E-state index in [1.807, 2.05) is 0 Å². The SMILES string of the molecule is O=[N+]([O-])[CH]c1[c]c([N+](=O)[O-])ccc1. The molecule has 0 unspecified atom stereocenters. The lowest BCUT2D eigenvalue weighted by Gasteiger charge is -1.92. The van der Waals surface area contributed by atoms with E-state index < -0.39 is 9.85 Å². The lowest BCUT2D eigenvalue weighted by atomic mass is 10.2. The Balaban J connectivity index is 2.91. The van der Waals surface area contributed by atoms with E-state index in [9.17, 15) is 20.2 Å². The van der Waals surface area contributed by atoms with Crippen molar-refractivity contribution in [2.45, 2.75) is 0 Å². The molecule has 1 aromatic rings. The highest BCUT2D eigenvalue weighted by molar-refractivity contribution is 5.34. The van der Waals surface area contributed by atoms with Gasteiger partial charge in [-0.25, -0.2) is 0 Å². The first-order chi connectivity index (χ1) is 6.09. The van der Waals surface area contributed by atoms with Crippen molar-refractivity contribution in [2.24, 2.45) is 0 Å². The van der Waals surface area contributed by atoms with Gasteiger partial charge in [0.25, 0.3) is 5.69 Å². The molecule has 13 heavy (non-hydrogen) atoms. The Morgan fingerprint density at radius 1 is 1.31 bits per heavy atom. The second-order valence-corrected chi connectivity index (χ2v) is 2.16. The molecular formula is C7H4N2O4. The molecule has 0 aliphatic heterocycles. The number of hydrogen-bond acceptors (Lipinski definition) is 4. The van der Waals surface area contributed by atoms with E-state index in [0.717, 1.165) is 0 Å². The molecule has 0 aliphatic carbocycles. The van der Waals surface area contributed by atoms with Gasteiger partial charge in [-0.2, -0.15) is 0 Å². The van der Waals surface area contributed by atoms with Gasteiger partial charge in [0.05, 0.1) is 11.0 Å². The van der Waals surface area contributed by atoms with Crippen molar-refractivity contribution < 1.29 is 9.85 Å². The number of nitro benzene ring substituents is 1. The molecule has 0 saturated heterocycles. The molecule has 0 aromatic heterocycles. The molecule has 6 nitrogen and oxygen atoms in total. The zero-order valence-electron chi connectivity index (χ0n) is 6.34. The second-order valence-electron chi connectivity index (χ2n) is 2.16. The Morgan fingerprint density at radius 3 is 2.54 bits per heavy atom. The maximum Gasteiger partial charge on any atom is 0.309 e. The van der Waals surface area contributed by atoms with Gasteiger partial charge in [0.15, 0.2) is 0 Å². The van der Waals surface area contributed by atoms with Crippen molar-refractivity contribution in [1.29, 1.82) is 0 Å². The van der Waals surface area contributed by atoms with E-state index in [2.05, 4.69) is 6.07 Å². The largest absolute Gasteiger partial charge is 0.309 e. The molecule has 1 aromatic carbocycles. The van der Waals surface area contributed by atoms with Gasteiger partial charge >= 0.3 is 6.54 Å². The van der Waals surface area contributed by atoms with Crippen LogP contribution in [0.5, 0.6) is 0 Å². The molecule has 2 radical (unpaired) electrons. The van der Waals surface area contributed by atoms with Crippen molar-refractivity contribution >= 4 is 5.69 Å². The topological polar surface area (TPSA) is 86.3 Å². The number of non-ortho nitro benzene ring substituents is 1. The van der Waals surface area contributed by atoms with Crippen LogP contribution in [0.4, 0.5) is 5.69 Å². The van der Waals surface area contributed by atoms with Gasteiger partial charge in [0, 0.05) is 16.6 Å². The number of rotatable bonds is 3. The standard InChI is InChI=1S/C7H4N2O4/c10-8(11)5-6-2-1-3-7(4-6)9(12)13/h1-3,5H. The fourth-order valence-electron chi connectivity index (χ4n) is 0.770. The Labute approximate surface area is 73.1 Å². The van der Waals surface area contributed by atoms with Gasteiger partial charge in [-0.05, 0) is 0 Å². The molecule has 66 valence electrons. The summed E-state index contributed by atoms with van der Waals surface area (Å²) in [7, 11) is 0. The monoisotopic (exact) mass is 180 g/mol. The predicted molar refractivity (Wildman–Crippen MR) is 42.3 cm³/mol. The first-order valence-electron chi connectivity index (χ1n) is 3.24. The molecular weight excluding hydrogens is 176 g/mol. The molecule has 0 fully saturated rings. The number of nitro groups is 2. The summed E-state index contributed by atoms with van der Waals surface area (Å²) in [6.07, 6.45) is 0. The normalized spacial score (nSPS) is 9.54. The minimum Gasteiger partial charge on any atom is -0.264 e. The summed E-state index contributed by atoms with van der Waals surface area (Å²) in [5.41, 5.74) is -0.199. The minimum atomic E-state index is -0.685. The highest BCUT2D eigenvalue weighted by atomic mass is 16.6. The van der Waals surface area contributed by atoms with Gasteiger partial charge < -0.3 is 0 Å². The van der Waals surface area contributed by atoms with Crippen molar-refractivity contribution in [2.75, 3.05) is 0 Å². The van der Waals surface area contributed by atoms with Crippen LogP contribution in [0.3, 0.4) is 0 Å². The van der Waals surface area contributed by atoms with E-state index in [4.69, 9.17) is 0 Å². The van der Waals surface area contributed by atoms with Crippen LogP contribution in [-0.4, -0.2) is 9.85 Å². The average molecular weight is 180 g/mol. The fraction of sp³-hybridized carbons (Fsp3) is 0. The van der Waals surface area contributed by atoms with Crippen LogP contribution in [0.25, 0.3) is 0 Å². The van der Waals surface area contributed by atoms with E-state index in [1.54, 1.807) is 0 Å².